The summed E-state index contributed by atoms with van der Waals surface area (Å²) in [5, 5.41) is 15.2. The molecule has 50 heavy (non-hydrogen) atoms. The third kappa shape index (κ3) is 7.52. The van der Waals surface area contributed by atoms with Gasteiger partial charge in [0, 0.05) is 50.0 Å². The van der Waals surface area contributed by atoms with Gasteiger partial charge in [-0.1, -0.05) is 0 Å². The number of H-pyrrole nitrogens is 1. The number of piperazine rings is 1. The first-order valence-electron chi connectivity index (χ1n) is 16.6. The molecule has 6 N–H and O–H groups in total. The van der Waals surface area contributed by atoms with E-state index in [0.717, 1.165) is 57.2 Å². The molecule has 0 bridgehead atoms. The van der Waals surface area contributed by atoms with E-state index in [2.05, 4.69) is 52.3 Å². The first-order valence-corrected chi connectivity index (χ1v) is 16.6. The molecular formula is C33H44FN13O3. The number of fused-ring (bicyclic) bond motifs is 2. The number of methoxy groups -OCH3 is 1. The number of aromatic amines is 1. The second-order valence-corrected chi connectivity index (χ2v) is 13.6. The van der Waals surface area contributed by atoms with Gasteiger partial charge < -0.3 is 25.8 Å². The largest absolute Gasteiger partial charge is 0.495 e. The van der Waals surface area contributed by atoms with Gasteiger partial charge in [-0.2, -0.15) is 10.2 Å². The van der Waals surface area contributed by atoms with Crippen LogP contribution < -0.4 is 21.5 Å². The van der Waals surface area contributed by atoms with Crippen LogP contribution in [0.3, 0.4) is 0 Å². The number of rotatable bonds is 5. The Morgan fingerprint density at radius 2 is 1.66 bits per heavy atom. The summed E-state index contributed by atoms with van der Waals surface area (Å²) in [7, 11) is 3.62. The Labute approximate surface area is 288 Å². The Balaban J connectivity index is 0.000000367. The Morgan fingerprint density at radius 1 is 0.980 bits per heavy atom. The van der Waals surface area contributed by atoms with Gasteiger partial charge in [0.1, 0.15) is 47.2 Å². The van der Waals surface area contributed by atoms with Crippen LogP contribution in [-0.4, -0.2) is 108 Å². The van der Waals surface area contributed by atoms with Crippen LogP contribution in [0, 0.1) is 5.82 Å². The summed E-state index contributed by atoms with van der Waals surface area (Å²) in [6.45, 7) is 9.66. The number of anilines is 3. The fourth-order valence-electron chi connectivity index (χ4n) is 6.49. The van der Waals surface area contributed by atoms with Crippen molar-refractivity contribution in [2.24, 2.45) is 0 Å². The van der Waals surface area contributed by atoms with Crippen molar-refractivity contribution in [3.05, 3.63) is 36.8 Å². The first-order chi connectivity index (χ1) is 23.9. The first kappa shape index (κ1) is 34.7. The summed E-state index contributed by atoms with van der Waals surface area (Å²) in [5.74, 6) is 0.346. The summed E-state index contributed by atoms with van der Waals surface area (Å²) in [5.41, 5.74) is 12.9. The van der Waals surface area contributed by atoms with E-state index < -0.39 is 17.5 Å². The Bertz CT molecular complexity index is 1960. The van der Waals surface area contributed by atoms with Gasteiger partial charge in [-0.15, -0.1) is 0 Å². The lowest BCUT2D eigenvalue weighted by atomic mass is 9.90. The van der Waals surface area contributed by atoms with Crippen LogP contribution in [0.5, 0.6) is 5.75 Å². The van der Waals surface area contributed by atoms with Gasteiger partial charge in [0.25, 0.3) is 0 Å². The highest BCUT2D eigenvalue weighted by atomic mass is 19.1. The van der Waals surface area contributed by atoms with E-state index in [1.165, 1.54) is 31.9 Å². The number of nitrogens with two attached hydrogens (primary N) is 2. The highest BCUT2D eigenvalue weighted by molar-refractivity contribution is 5.99. The van der Waals surface area contributed by atoms with E-state index in [1.807, 2.05) is 4.68 Å². The normalized spacial score (nSPS) is 18.8. The topological polar surface area (TPSA) is 204 Å². The van der Waals surface area contributed by atoms with E-state index in [9.17, 15) is 4.79 Å². The average molecular weight is 690 g/mol. The highest BCUT2D eigenvalue weighted by Gasteiger charge is 2.31. The van der Waals surface area contributed by atoms with Crippen LogP contribution in [0.1, 0.15) is 52.5 Å². The van der Waals surface area contributed by atoms with Gasteiger partial charge in [-0.25, -0.2) is 33.8 Å². The zero-order chi connectivity index (χ0) is 35.6. The maximum atomic E-state index is 15.6. The number of likely N-dealkylation sites (N-methyl/N-ethyl adjacent to an activating group) is 1. The van der Waals surface area contributed by atoms with Crippen molar-refractivity contribution in [2.45, 2.75) is 64.1 Å². The Hall–Kier alpha value is -5.16. The van der Waals surface area contributed by atoms with Crippen LogP contribution >= 0.6 is 0 Å². The van der Waals surface area contributed by atoms with E-state index in [1.54, 1.807) is 27.0 Å². The van der Waals surface area contributed by atoms with Crippen molar-refractivity contribution >= 4 is 45.5 Å². The summed E-state index contributed by atoms with van der Waals surface area (Å²) in [6, 6.07) is 3.39. The van der Waals surface area contributed by atoms with Crippen molar-refractivity contribution in [3.8, 4) is 17.0 Å². The predicted octanol–water partition coefficient (Wildman–Crippen LogP) is 4.24. The lowest BCUT2D eigenvalue weighted by Crippen LogP contribution is -2.49. The van der Waals surface area contributed by atoms with Crippen molar-refractivity contribution in [2.75, 3.05) is 57.1 Å². The van der Waals surface area contributed by atoms with Crippen LogP contribution in [0.25, 0.3) is 33.3 Å². The summed E-state index contributed by atoms with van der Waals surface area (Å²) in [6.07, 6.45) is 7.79. The zero-order valence-electron chi connectivity index (χ0n) is 29.0. The lowest BCUT2D eigenvalue weighted by Gasteiger charge is -2.41. The van der Waals surface area contributed by atoms with E-state index in [4.69, 9.17) is 26.0 Å². The molecule has 4 aromatic heterocycles. The molecule has 0 spiro atoms. The van der Waals surface area contributed by atoms with Crippen molar-refractivity contribution in [3.63, 3.8) is 0 Å². The SMILES string of the molecule is COc1cc(-c2nn(C3CCC(N4CCN(C)CC4)CC3)c3ncnc(N)c23)c(F)cc1NC(=O)OC(C)(C)C.Nc1ncnc2n[nH]cc12. The van der Waals surface area contributed by atoms with Gasteiger partial charge in [0.15, 0.2) is 11.3 Å². The number of amides is 1. The molecule has 1 saturated heterocycles. The smallest absolute Gasteiger partial charge is 0.412 e. The molecule has 16 nitrogen and oxygen atoms in total. The third-order valence-corrected chi connectivity index (χ3v) is 9.04. The van der Waals surface area contributed by atoms with E-state index >= 15 is 4.39 Å². The molecular weight excluding hydrogens is 645 g/mol. The number of benzene rings is 1. The van der Waals surface area contributed by atoms with Gasteiger partial charge in [-0.3, -0.25) is 15.3 Å². The molecule has 2 fully saturated rings. The van der Waals surface area contributed by atoms with Crippen LogP contribution in [0.4, 0.5) is 26.5 Å². The second kappa shape index (κ2) is 14.4. The number of hydrogen-bond donors (Lipinski definition) is 4. The Morgan fingerprint density at radius 3 is 2.34 bits per heavy atom. The zero-order valence-corrected chi connectivity index (χ0v) is 29.0. The van der Waals surface area contributed by atoms with E-state index in [0.29, 0.717) is 34.2 Å². The van der Waals surface area contributed by atoms with Crippen LogP contribution in [0.15, 0.2) is 31.0 Å². The fourth-order valence-corrected chi connectivity index (χ4v) is 6.49. The maximum Gasteiger partial charge on any atom is 0.412 e. The molecule has 2 aliphatic rings. The molecule has 17 heteroatoms. The standard InChI is InChI=1S/C28H39FN8O3.C5H5N5/c1-28(2,3)40-27(38)33-21-15-20(29)19(14-22(21)39-5)24-23-25(30)31-16-32-26(23)37(34-24)18-8-6-17(7-9-18)36-12-10-35(4)11-13-36;6-4-3-1-9-10-5(3)8-2-7-4/h14-18H,6-13H2,1-5H3,(H,33,38)(H2,30,31,32);1-2H,(H3,6,7,8,9,10). The van der Waals surface area contributed by atoms with Crippen LogP contribution in [0.2, 0.25) is 0 Å². The number of halogens is 1. The fraction of sp³-hybridized carbons (Fsp3) is 0.485. The van der Waals surface area contributed by atoms with Gasteiger partial charge in [0.05, 0.1) is 29.6 Å². The molecule has 1 aliphatic heterocycles. The molecule has 1 aromatic carbocycles. The summed E-state index contributed by atoms with van der Waals surface area (Å²) >= 11 is 0. The molecule has 0 atom stereocenters. The van der Waals surface area contributed by atoms with Crippen molar-refractivity contribution in [1.82, 2.24) is 49.7 Å². The quantitative estimate of drug-likeness (QED) is 0.204. The number of nitrogen functional groups attached to an aromatic ring is 2. The highest BCUT2D eigenvalue weighted by Crippen LogP contribution is 2.40. The monoisotopic (exact) mass is 689 g/mol. The van der Waals surface area contributed by atoms with Crippen LogP contribution in [-0.2, 0) is 4.74 Å². The third-order valence-electron chi connectivity index (χ3n) is 9.04. The number of hydrogen-bond acceptors (Lipinski definition) is 13. The molecule has 5 aromatic rings. The minimum atomic E-state index is -0.711. The molecule has 0 unspecified atom stereocenters. The number of carbonyl (C=O) groups is 1. The summed E-state index contributed by atoms with van der Waals surface area (Å²) in [4.78, 5) is 33.6. The number of aromatic nitrogens is 8. The van der Waals surface area contributed by atoms with Gasteiger partial charge in [-0.05, 0) is 59.6 Å². The average Bonchev–Trinajstić information content (AvgIpc) is 3.72. The molecule has 7 rings (SSSR count). The molecule has 1 amide bonds. The molecule has 5 heterocycles. The minimum Gasteiger partial charge on any atom is -0.495 e. The number of carbonyl (C=O) groups excluding carboxylic acids is 1. The number of nitrogens with one attached hydrogen (secondary N) is 2. The minimum absolute atomic E-state index is 0.118. The number of ether oxygens (including phenoxy) is 2. The number of nitrogens with zero attached hydrogens (tertiary/aromatic N) is 9. The van der Waals surface area contributed by atoms with Gasteiger partial charge >= 0.3 is 6.09 Å². The van der Waals surface area contributed by atoms with Gasteiger partial charge in [0.2, 0.25) is 0 Å². The maximum absolute atomic E-state index is 15.6. The second-order valence-electron chi connectivity index (χ2n) is 13.6. The summed E-state index contributed by atoms with van der Waals surface area (Å²) < 4.78 is 28.3. The van der Waals surface area contributed by atoms with Crippen molar-refractivity contribution in [1.29, 1.82) is 0 Å². The molecule has 0 radical (unpaired) electrons. The molecule has 266 valence electrons. The molecule has 1 saturated carbocycles. The lowest BCUT2D eigenvalue weighted by molar-refractivity contribution is 0.0635. The predicted molar refractivity (Wildman–Crippen MR) is 188 cm³/mol. The molecule has 1 aliphatic carbocycles. The van der Waals surface area contributed by atoms with Crippen molar-refractivity contribution < 1.29 is 18.7 Å². The van der Waals surface area contributed by atoms with E-state index in [-0.39, 0.29) is 28.9 Å². The Kier molecular flexibility index (Phi) is 9.97.